The van der Waals surface area contributed by atoms with E-state index in [1.165, 1.54) is 0 Å². The Morgan fingerprint density at radius 2 is 2.25 bits per heavy atom. The van der Waals surface area contributed by atoms with Crippen LogP contribution in [0.1, 0.15) is 11.6 Å². The molecule has 0 aliphatic carbocycles. The van der Waals surface area contributed by atoms with Crippen LogP contribution in [0.4, 0.5) is 4.39 Å². The van der Waals surface area contributed by atoms with E-state index in [-0.39, 0.29) is 0 Å². The van der Waals surface area contributed by atoms with Crippen LogP contribution in [0.5, 0.6) is 0 Å². The molecule has 0 aromatic heterocycles. The van der Waals surface area contributed by atoms with Gasteiger partial charge in [-0.1, -0.05) is 27.5 Å². The van der Waals surface area contributed by atoms with E-state index in [4.69, 9.17) is 17.3 Å². The molecule has 1 aromatic rings. The number of halogens is 3. The minimum absolute atomic E-state index is 0.503. The number of hydrogen-bond donors (Lipinski definition) is 1. The largest absolute Gasteiger partial charge is 0.322 e. The Hall–Kier alpha value is -0.120. The van der Waals surface area contributed by atoms with Gasteiger partial charge in [0.25, 0.3) is 0 Å². The molecule has 0 saturated carbocycles. The fraction of sp³-hybridized carbons (Fsp3) is 0.250. The number of rotatable bonds is 2. The van der Waals surface area contributed by atoms with Gasteiger partial charge in [-0.3, -0.25) is 0 Å². The van der Waals surface area contributed by atoms with Crippen molar-refractivity contribution >= 4 is 27.5 Å². The molecule has 0 bridgehead atoms. The molecule has 0 saturated heterocycles. The van der Waals surface area contributed by atoms with Gasteiger partial charge in [0, 0.05) is 9.50 Å². The van der Waals surface area contributed by atoms with E-state index < -0.39 is 12.7 Å². The summed E-state index contributed by atoms with van der Waals surface area (Å²) in [6, 6.07) is 4.58. The number of alkyl halides is 1. The highest BCUT2D eigenvalue weighted by Crippen LogP contribution is 2.25. The summed E-state index contributed by atoms with van der Waals surface area (Å²) in [5, 5.41) is 0.503. The van der Waals surface area contributed by atoms with Crippen LogP contribution in [-0.2, 0) is 0 Å². The summed E-state index contributed by atoms with van der Waals surface area (Å²) < 4.78 is 13.0. The van der Waals surface area contributed by atoms with Crippen LogP contribution < -0.4 is 5.73 Å². The lowest BCUT2D eigenvalue weighted by atomic mass is 10.1. The lowest BCUT2D eigenvalue weighted by molar-refractivity contribution is 0.437. The maximum atomic E-state index is 12.2. The molecule has 0 spiro atoms. The van der Waals surface area contributed by atoms with Gasteiger partial charge in [0.15, 0.2) is 0 Å². The van der Waals surface area contributed by atoms with Crippen LogP contribution in [0.25, 0.3) is 0 Å². The molecule has 0 amide bonds. The second kappa shape index (κ2) is 4.21. The normalized spacial score (nSPS) is 13.0. The maximum absolute atomic E-state index is 12.2. The third kappa shape index (κ3) is 2.19. The van der Waals surface area contributed by atoms with Gasteiger partial charge in [-0.2, -0.15) is 0 Å². The molecule has 1 aromatic carbocycles. The van der Waals surface area contributed by atoms with Gasteiger partial charge in [0.05, 0.1) is 6.04 Å². The molecular formula is C8H8BrClFN. The number of nitrogens with two attached hydrogens (primary N) is 1. The van der Waals surface area contributed by atoms with E-state index in [2.05, 4.69) is 15.9 Å². The smallest absolute Gasteiger partial charge is 0.109 e. The molecule has 0 heterocycles. The molecule has 4 heteroatoms. The van der Waals surface area contributed by atoms with Gasteiger partial charge < -0.3 is 5.73 Å². The van der Waals surface area contributed by atoms with Gasteiger partial charge in [-0.15, -0.1) is 0 Å². The van der Waals surface area contributed by atoms with Crippen LogP contribution in [0, 0.1) is 0 Å². The molecule has 0 aliphatic rings. The van der Waals surface area contributed by atoms with E-state index in [0.29, 0.717) is 10.6 Å². The monoisotopic (exact) mass is 251 g/mol. The van der Waals surface area contributed by atoms with Crippen molar-refractivity contribution in [3.63, 3.8) is 0 Å². The fourth-order valence-corrected chi connectivity index (χ4v) is 1.52. The molecule has 1 nitrogen and oxygen atoms in total. The van der Waals surface area contributed by atoms with Gasteiger partial charge in [-0.05, 0) is 23.8 Å². The first kappa shape index (κ1) is 9.96. The van der Waals surface area contributed by atoms with Crippen LogP contribution in [0.2, 0.25) is 5.02 Å². The van der Waals surface area contributed by atoms with Crippen molar-refractivity contribution in [2.45, 2.75) is 6.04 Å². The SMILES string of the molecule is N[C@@H](CF)c1cc(Br)ccc1Cl. The molecule has 1 atom stereocenters. The predicted molar refractivity (Wildman–Crippen MR) is 52.1 cm³/mol. The molecule has 2 N–H and O–H groups in total. The van der Waals surface area contributed by atoms with Gasteiger partial charge in [0.2, 0.25) is 0 Å². The van der Waals surface area contributed by atoms with E-state index in [0.717, 1.165) is 4.47 Å². The second-order valence-electron chi connectivity index (χ2n) is 2.43. The van der Waals surface area contributed by atoms with Gasteiger partial charge in [-0.25, -0.2) is 4.39 Å². The second-order valence-corrected chi connectivity index (χ2v) is 3.75. The Kier molecular flexibility index (Phi) is 3.50. The highest BCUT2D eigenvalue weighted by Gasteiger charge is 2.09. The first-order valence-corrected chi connectivity index (χ1v) is 4.58. The fourth-order valence-electron chi connectivity index (χ4n) is 0.882. The van der Waals surface area contributed by atoms with E-state index in [1.54, 1.807) is 18.2 Å². The summed E-state index contributed by atoms with van der Waals surface area (Å²) in [5.74, 6) is 0. The minimum Gasteiger partial charge on any atom is -0.322 e. The number of hydrogen-bond acceptors (Lipinski definition) is 1. The summed E-state index contributed by atoms with van der Waals surface area (Å²) in [7, 11) is 0. The van der Waals surface area contributed by atoms with Crippen LogP contribution >= 0.6 is 27.5 Å². The highest BCUT2D eigenvalue weighted by molar-refractivity contribution is 9.10. The topological polar surface area (TPSA) is 26.0 Å². The van der Waals surface area contributed by atoms with Crippen molar-refractivity contribution in [2.75, 3.05) is 6.67 Å². The summed E-state index contributed by atoms with van der Waals surface area (Å²) in [6.45, 7) is -0.601. The molecule has 12 heavy (non-hydrogen) atoms. The molecular weight excluding hydrogens is 244 g/mol. The van der Waals surface area contributed by atoms with Gasteiger partial charge >= 0.3 is 0 Å². The Labute approximate surface area is 83.8 Å². The third-order valence-corrected chi connectivity index (χ3v) is 2.36. The Morgan fingerprint density at radius 3 is 2.83 bits per heavy atom. The van der Waals surface area contributed by atoms with Crippen LogP contribution in [0.15, 0.2) is 22.7 Å². The lowest BCUT2D eigenvalue weighted by Crippen LogP contribution is -2.12. The minimum atomic E-state index is -0.630. The zero-order valence-corrected chi connectivity index (χ0v) is 8.57. The van der Waals surface area contributed by atoms with E-state index in [9.17, 15) is 4.39 Å². The van der Waals surface area contributed by atoms with Crippen LogP contribution in [-0.4, -0.2) is 6.67 Å². The average molecular weight is 253 g/mol. The third-order valence-electron chi connectivity index (χ3n) is 1.52. The molecule has 1 rings (SSSR count). The summed E-state index contributed by atoms with van der Waals surface area (Å²) in [6.07, 6.45) is 0. The molecule has 0 fully saturated rings. The summed E-state index contributed by atoms with van der Waals surface area (Å²) in [5.41, 5.74) is 6.12. The van der Waals surface area contributed by atoms with Gasteiger partial charge in [0.1, 0.15) is 6.67 Å². The standard InChI is InChI=1S/C8H8BrClFN/c9-5-1-2-7(10)6(3-5)8(12)4-11/h1-3,8H,4,12H2/t8-/m0/s1. The van der Waals surface area contributed by atoms with Crippen molar-refractivity contribution in [3.8, 4) is 0 Å². The zero-order valence-electron chi connectivity index (χ0n) is 6.23. The highest BCUT2D eigenvalue weighted by atomic mass is 79.9. The van der Waals surface area contributed by atoms with Crippen molar-refractivity contribution in [1.82, 2.24) is 0 Å². The quantitative estimate of drug-likeness (QED) is 0.860. The maximum Gasteiger partial charge on any atom is 0.109 e. The predicted octanol–water partition coefficient (Wildman–Crippen LogP) is 3.07. The van der Waals surface area contributed by atoms with Crippen molar-refractivity contribution in [3.05, 3.63) is 33.3 Å². The molecule has 66 valence electrons. The Bertz CT molecular complexity index is 280. The van der Waals surface area contributed by atoms with Crippen molar-refractivity contribution in [2.24, 2.45) is 5.73 Å². The van der Waals surface area contributed by atoms with Crippen molar-refractivity contribution < 1.29 is 4.39 Å². The van der Waals surface area contributed by atoms with Crippen molar-refractivity contribution in [1.29, 1.82) is 0 Å². The lowest BCUT2D eigenvalue weighted by Gasteiger charge is -2.09. The van der Waals surface area contributed by atoms with Crippen LogP contribution in [0.3, 0.4) is 0 Å². The summed E-state index contributed by atoms with van der Waals surface area (Å²) >= 11 is 9.06. The Morgan fingerprint density at radius 1 is 1.58 bits per heavy atom. The van der Waals surface area contributed by atoms with E-state index in [1.807, 2.05) is 0 Å². The number of benzene rings is 1. The Balaban J connectivity index is 3.04. The molecule has 0 radical (unpaired) electrons. The molecule has 0 aliphatic heterocycles. The molecule has 0 unspecified atom stereocenters. The average Bonchev–Trinajstić information content (AvgIpc) is 2.08. The first-order chi connectivity index (χ1) is 5.65. The zero-order chi connectivity index (χ0) is 9.14. The van der Waals surface area contributed by atoms with E-state index >= 15 is 0 Å². The first-order valence-electron chi connectivity index (χ1n) is 3.41. The summed E-state index contributed by atoms with van der Waals surface area (Å²) in [4.78, 5) is 0.